The molecule has 0 aliphatic carbocycles. The summed E-state index contributed by atoms with van der Waals surface area (Å²) in [5.74, 6) is 0. The van der Waals surface area contributed by atoms with Crippen LogP contribution in [0.5, 0.6) is 0 Å². The highest BCUT2D eigenvalue weighted by Gasteiger charge is 1.78. The van der Waals surface area contributed by atoms with Gasteiger partial charge < -0.3 is 0 Å². The van der Waals surface area contributed by atoms with Crippen molar-refractivity contribution in [2.24, 2.45) is 5.10 Å². The molecule has 0 aliphatic heterocycles. The molecule has 0 aromatic carbocycles. The third-order valence-corrected chi connectivity index (χ3v) is 0.753. The van der Waals surface area contributed by atoms with Crippen LogP contribution in [0.25, 0.3) is 0 Å². The van der Waals surface area contributed by atoms with Crippen LogP contribution in [-0.2, 0) is 0 Å². The van der Waals surface area contributed by atoms with Crippen molar-refractivity contribution in [3.63, 3.8) is 0 Å². The average molecular weight is 102 g/mol. The fourth-order valence-electron chi connectivity index (χ4n) is 0.164. The Morgan fingerprint density at radius 2 is 2.43 bits per heavy atom. The van der Waals surface area contributed by atoms with E-state index >= 15 is 0 Å². The Morgan fingerprint density at radius 1 is 1.86 bits per heavy atom. The molecule has 7 heavy (non-hydrogen) atoms. The molecule has 0 heterocycles. The molecule has 0 unspecified atom stereocenters. The van der Waals surface area contributed by atoms with Crippen molar-refractivity contribution in [1.82, 2.24) is 5.59 Å². The monoisotopic (exact) mass is 102 g/mol. The van der Waals surface area contributed by atoms with Gasteiger partial charge in [-0.05, 0) is 13.3 Å². The van der Waals surface area contributed by atoms with E-state index in [-0.39, 0.29) is 0 Å². The minimum absolute atomic E-state index is 0.869. The Bertz CT molecular complexity index is 70.1. The summed E-state index contributed by atoms with van der Waals surface area (Å²) >= 11 is 0. The van der Waals surface area contributed by atoms with Gasteiger partial charge in [0, 0.05) is 5.71 Å². The Kier molecular flexibility index (Phi) is 3.32. The Hall–Kier alpha value is -0.570. The summed E-state index contributed by atoms with van der Waals surface area (Å²) in [6.45, 7) is 3.80. The lowest BCUT2D eigenvalue weighted by molar-refractivity contribution is 0.171. The molecule has 0 saturated carbocycles. The maximum absolute atomic E-state index is 7.93. The van der Waals surface area contributed by atoms with Gasteiger partial charge in [-0.25, -0.2) is 0 Å². The Labute approximate surface area is 43.0 Å². The van der Waals surface area contributed by atoms with Crippen LogP contribution in [0.3, 0.4) is 0 Å². The summed E-state index contributed by atoms with van der Waals surface area (Å²) in [7, 11) is 0. The molecular weight excluding hydrogens is 92.1 g/mol. The summed E-state index contributed by atoms with van der Waals surface area (Å²) in [6.07, 6.45) is 0.869. The number of nitrogens with one attached hydrogen (secondary N) is 1. The number of hydrogen-bond acceptors (Lipinski definition) is 3. The SMILES string of the molecule is CC/C(C)=N\NO. The maximum atomic E-state index is 7.93. The zero-order chi connectivity index (χ0) is 5.70. The van der Waals surface area contributed by atoms with Crippen molar-refractivity contribution in [2.45, 2.75) is 20.3 Å². The summed E-state index contributed by atoms with van der Waals surface area (Å²) in [5.41, 5.74) is 2.60. The van der Waals surface area contributed by atoms with Gasteiger partial charge in [-0.3, -0.25) is 5.21 Å². The molecule has 0 fully saturated rings. The summed E-state index contributed by atoms with van der Waals surface area (Å²) in [5, 5.41) is 11.4. The zero-order valence-electron chi connectivity index (χ0n) is 4.60. The van der Waals surface area contributed by atoms with E-state index in [1.807, 2.05) is 13.8 Å². The fraction of sp³-hybridized carbons (Fsp3) is 0.750. The molecular formula is C4H10N2O. The standard InChI is InChI=1S/C4H10N2O/c1-3-4(2)5-6-7/h6-7H,3H2,1-2H3/b5-4-. The van der Waals surface area contributed by atoms with Gasteiger partial charge >= 0.3 is 0 Å². The highest BCUT2D eigenvalue weighted by Crippen LogP contribution is 1.78. The van der Waals surface area contributed by atoms with Crippen molar-refractivity contribution in [3.8, 4) is 0 Å². The van der Waals surface area contributed by atoms with Crippen LogP contribution in [0.1, 0.15) is 20.3 Å². The number of nitrogens with zero attached hydrogens (tertiary/aromatic N) is 1. The van der Waals surface area contributed by atoms with Crippen molar-refractivity contribution in [1.29, 1.82) is 0 Å². The molecule has 0 saturated heterocycles. The first-order valence-corrected chi connectivity index (χ1v) is 2.23. The summed E-state index contributed by atoms with van der Waals surface area (Å²) in [4.78, 5) is 0. The molecule has 0 spiro atoms. The second kappa shape index (κ2) is 3.61. The molecule has 0 aromatic heterocycles. The molecule has 0 radical (unpaired) electrons. The second-order valence-corrected chi connectivity index (χ2v) is 1.30. The van der Waals surface area contributed by atoms with Crippen LogP contribution in [0.15, 0.2) is 5.10 Å². The largest absolute Gasteiger partial charge is 0.274 e. The molecule has 0 rings (SSSR count). The van der Waals surface area contributed by atoms with Crippen molar-refractivity contribution >= 4 is 5.71 Å². The van der Waals surface area contributed by atoms with Gasteiger partial charge in [-0.15, -0.1) is 0 Å². The van der Waals surface area contributed by atoms with E-state index in [9.17, 15) is 0 Å². The van der Waals surface area contributed by atoms with Crippen molar-refractivity contribution < 1.29 is 5.21 Å². The van der Waals surface area contributed by atoms with Crippen LogP contribution in [0.4, 0.5) is 0 Å². The van der Waals surface area contributed by atoms with Crippen LogP contribution in [0, 0.1) is 0 Å². The van der Waals surface area contributed by atoms with E-state index < -0.39 is 0 Å². The second-order valence-electron chi connectivity index (χ2n) is 1.30. The van der Waals surface area contributed by atoms with Crippen LogP contribution in [-0.4, -0.2) is 10.9 Å². The van der Waals surface area contributed by atoms with E-state index in [1.165, 1.54) is 0 Å². The first kappa shape index (κ1) is 6.43. The Morgan fingerprint density at radius 3 is 2.57 bits per heavy atom. The van der Waals surface area contributed by atoms with Gasteiger partial charge in [0.25, 0.3) is 0 Å². The first-order chi connectivity index (χ1) is 3.31. The van der Waals surface area contributed by atoms with Gasteiger partial charge in [0.1, 0.15) is 0 Å². The Balaban J connectivity index is 3.29. The predicted octanol–water partition coefficient (Wildman–Crippen LogP) is 0.751. The molecule has 2 N–H and O–H groups in total. The van der Waals surface area contributed by atoms with Crippen molar-refractivity contribution in [2.75, 3.05) is 0 Å². The molecule has 0 atom stereocenters. The van der Waals surface area contributed by atoms with Crippen LogP contribution >= 0.6 is 0 Å². The van der Waals surface area contributed by atoms with E-state index in [0.717, 1.165) is 12.1 Å². The van der Waals surface area contributed by atoms with Gasteiger partial charge in [0.15, 0.2) is 0 Å². The molecule has 0 aromatic rings. The lowest BCUT2D eigenvalue weighted by atomic mass is 10.3. The lowest BCUT2D eigenvalue weighted by Crippen LogP contribution is -2.00. The molecule has 0 bridgehead atoms. The number of rotatable bonds is 2. The number of hydrogen-bond donors (Lipinski definition) is 2. The first-order valence-electron chi connectivity index (χ1n) is 2.23. The highest BCUT2D eigenvalue weighted by molar-refractivity contribution is 5.81. The van der Waals surface area contributed by atoms with Gasteiger partial charge in [-0.2, -0.15) is 10.7 Å². The summed E-state index contributed by atoms with van der Waals surface area (Å²) < 4.78 is 0. The molecule has 42 valence electrons. The fourth-order valence-corrected chi connectivity index (χ4v) is 0.164. The molecule has 3 nitrogen and oxygen atoms in total. The van der Waals surface area contributed by atoms with Crippen LogP contribution < -0.4 is 5.59 Å². The minimum Gasteiger partial charge on any atom is -0.274 e. The van der Waals surface area contributed by atoms with Crippen molar-refractivity contribution in [3.05, 3.63) is 0 Å². The van der Waals surface area contributed by atoms with Gasteiger partial charge in [0.05, 0.1) is 0 Å². The maximum Gasteiger partial charge on any atom is 0.0369 e. The topological polar surface area (TPSA) is 44.6 Å². The van der Waals surface area contributed by atoms with E-state index in [2.05, 4.69) is 5.10 Å². The third-order valence-electron chi connectivity index (χ3n) is 0.753. The van der Waals surface area contributed by atoms with E-state index in [1.54, 1.807) is 5.59 Å². The minimum atomic E-state index is 0.869. The zero-order valence-corrected chi connectivity index (χ0v) is 4.60. The number of hydrazone groups is 1. The van der Waals surface area contributed by atoms with Gasteiger partial charge in [-0.1, -0.05) is 6.92 Å². The molecule has 0 amide bonds. The molecule has 3 heteroatoms. The highest BCUT2D eigenvalue weighted by atomic mass is 16.5. The van der Waals surface area contributed by atoms with Crippen LogP contribution in [0.2, 0.25) is 0 Å². The third kappa shape index (κ3) is 3.26. The quantitative estimate of drug-likeness (QED) is 0.399. The van der Waals surface area contributed by atoms with E-state index in [0.29, 0.717) is 0 Å². The normalized spacial score (nSPS) is 11.6. The summed E-state index contributed by atoms with van der Waals surface area (Å²) in [6, 6.07) is 0. The van der Waals surface area contributed by atoms with E-state index in [4.69, 9.17) is 5.21 Å². The average Bonchev–Trinajstić information content (AvgIpc) is 1.68. The lowest BCUT2D eigenvalue weighted by Gasteiger charge is -1.89. The predicted molar refractivity (Wildman–Crippen MR) is 28.3 cm³/mol. The smallest absolute Gasteiger partial charge is 0.0369 e. The molecule has 0 aliphatic rings. The van der Waals surface area contributed by atoms with Gasteiger partial charge in [0.2, 0.25) is 0 Å².